The molecule has 1 N–H and O–H groups in total. The van der Waals surface area contributed by atoms with E-state index in [1.54, 1.807) is 0 Å². The molecule has 1 aromatic heterocycles. The van der Waals surface area contributed by atoms with Crippen molar-refractivity contribution in [1.82, 2.24) is 15.1 Å². The first-order valence-electron chi connectivity index (χ1n) is 7.54. The van der Waals surface area contributed by atoms with Crippen molar-refractivity contribution in [2.45, 2.75) is 59.4 Å². The summed E-state index contributed by atoms with van der Waals surface area (Å²) in [7, 11) is 0. The summed E-state index contributed by atoms with van der Waals surface area (Å²) in [6.07, 6.45) is 6.60. The normalized spacial score (nSPS) is 18.1. The Labute approximate surface area is 125 Å². The zero-order valence-corrected chi connectivity index (χ0v) is 14.0. The molecule has 0 aliphatic heterocycles. The number of nitrogens with one attached hydrogen (secondary N) is 1. The Bertz CT molecular complexity index is 419. The molecule has 4 heteroatoms. The average Bonchev–Trinajstić information content (AvgIpc) is 2.97. The summed E-state index contributed by atoms with van der Waals surface area (Å²) in [4.78, 5) is 0. The molecular weight excluding hydrogens is 302 g/mol. The van der Waals surface area contributed by atoms with E-state index in [0.29, 0.717) is 5.41 Å². The Morgan fingerprint density at radius 1 is 1.32 bits per heavy atom. The monoisotopic (exact) mass is 327 g/mol. The Kier molecular flexibility index (Phi) is 5.07. The van der Waals surface area contributed by atoms with Gasteiger partial charge in [0.1, 0.15) is 0 Å². The molecule has 0 bridgehead atoms. The van der Waals surface area contributed by atoms with Crippen molar-refractivity contribution >= 4 is 15.9 Å². The first kappa shape index (κ1) is 15.0. The molecule has 1 aliphatic carbocycles. The average molecular weight is 328 g/mol. The van der Waals surface area contributed by atoms with Gasteiger partial charge in [-0.05, 0) is 61.0 Å². The molecule has 0 amide bonds. The van der Waals surface area contributed by atoms with Gasteiger partial charge in [0.05, 0.1) is 15.9 Å². The highest BCUT2D eigenvalue weighted by molar-refractivity contribution is 9.10. The summed E-state index contributed by atoms with van der Waals surface area (Å²) in [5.74, 6) is 0. The van der Waals surface area contributed by atoms with Crippen LogP contribution in [0.15, 0.2) is 4.47 Å². The predicted molar refractivity (Wildman–Crippen MR) is 83.5 cm³/mol. The summed E-state index contributed by atoms with van der Waals surface area (Å²) < 4.78 is 3.39. The van der Waals surface area contributed by atoms with Crippen LogP contribution in [0.25, 0.3) is 0 Å². The number of nitrogens with zero attached hydrogens (tertiary/aromatic N) is 2. The van der Waals surface area contributed by atoms with Crippen LogP contribution in [0.3, 0.4) is 0 Å². The van der Waals surface area contributed by atoms with Gasteiger partial charge < -0.3 is 5.32 Å². The zero-order chi connectivity index (χ0) is 13.9. The lowest BCUT2D eigenvalue weighted by Gasteiger charge is -2.29. The SMILES string of the molecule is CCNCC1(Cc2c(Br)c(C)nn2CC)CCCC1. The molecule has 1 aromatic rings. The fourth-order valence-electron chi connectivity index (χ4n) is 3.32. The predicted octanol–water partition coefficient (Wildman–Crippen LogP) is 3.69. The van der Waals surface area contributed by atoms with Crippen molar-refractivity contribution in [3.63, 3.8) is 0 Å². The van der Waals surface area contributed by atoms with Crippen LogP contribution in [0.4, 0.5) is 0 Å². The van der Waals surface area contributed by atoms with Crippen molar-refractivity contribution < 1.29 is 0 Å². The van der Waals surface area contributed by atoms with E-state index in [0.717, 1.165) is 31.7 Å². The number of aryl methyl sites for hydroxylation is 2. The number of rotatable bonds is 6. The van der Waals surface area contributed by atoms with Gasteiger partial charge in [-0.15, -0.1) is 0 Å². The van der Waals surface area contributed by atoms with Crippen LogP contribution >= 0.6 is 15.9 Å². The van der Waals surface area contributed by atoms with Gasteiger partial charge in [0.25, 0.3) is 0 Å². The van der Waals surface area contributed by atoms with Gasteiger partial charge in [0.15, 0.2) is 0 Å². The van der Waals surface area contributed by atoms with Gasteiger partial charge in [-0.25, -0.2) is 0 Å². The van der Waals surface area contributed by atoms with Gasteiger partial charge in [-0.3, -0.25) is 4.68 Å². The van der Waals surface area contributed by atoms with Crippen LogP contribution in [0.5, 0.6) is 0 Å². The minimum Gasteiger partial charge on any atom is -0.316 e. The van der Waals surface area contributed by atoms with Gasteiger partial charge in [0, 0.05) is 13.1 Å². The topological polar surface area (TPSA) is 29.9 Å². The molecule has 0 saturated heterocycles. The van der Waals surface area contributed by atoms with Gasteiger partial charge in [-0.2, -0.15) is 5.10 Å². The Hall–Kier alpha value is -0.350. The van der Waals surface area contributed by atoms with Crippen LogP contribution < -0.4 is 5.32 Å². The van der Waals surface area contributed by atoms with E-state index in [4.69, 9.17) is 0 Å². The second-order valence-electron chi connectivity index (χ2n) is 5.83. The van der Waals surface area contributed by atoms with Crippen LogP contribution in [0.1, 0.15) is 50.9 Å². The molecule has 108 valence electrons. The standard InChI is InChI=1S/C15H26BrN3/c1-4-17-11-15(8-6-7-9-15)10-13-14(16)12(3)18-19(13)5-2/h17H,4-11H2,1-3H3. The number of aromatic nitrogens is 2. The fourth-order valence-corrected chi connectivity index (χ4v) is 3.75. The third kappa shape index (κ3) is 3.22. The van der Waals surface area contributed by atoms with E-state index in [1.807, 2.05) is 0 Å². The third-order valence-electron chi connectivity index (χ3n) is 4.41. The maximum Gasteiger partial charge on any atom is 0.0738 e. The van der Waals surface area contributed by atoms with Crippen molar-refractivity contribution in [3.8, 4) is 0 Å². The van der Waals surface area contributed by atoms with Crippen LogP contribution in [-0.2, 0) is 13.0 Å². The summed E-state index contributed by atoms with van der Waals surface area (Å²) in [6, 6.07) is 0. The lowest BCUT2D eigenvalue weighted by atomic mass is 9.81. The fraction of sp³-hybridized carbons (Fsp3) is 0.800. The molecule has 1 aliphatic rings. The summed E-state index contributed by atoms with van der Waals surface area (Å²) >= 11 is 3.74. The molecule has 1 saturated carbocycles. The number of hydrogen-bond acceptors (Lipinski definition) is 2. The number of hydrogen-bond donors (Lipinski definition) is 1. The minimum absolute atomic E-state index is 0.442. The molecule has 0 aromatic carbocycles. The van der Waals surface area contributed by atoms with E-state index in [1.165, 1.54) is 35.8 Å². The summed E-state index contributed by atoms with van der Waals surface area (Å²) in [5, 5.41) is 8.20. The molecule has 2 rings (SSSR count). The second-order valence-corrected chi connectivity index (χ2v) is 6.62. The van der Waals surface area contributed by atoms with Crippen LogP contribution in [-0.4, -0.2) is 22.9 Å². The maximum atomic E-state index is 4.63. The molecular formula is C15H26BrN3. The second kappa shape index (κ2) is 6.40. The minimum atomic E-state index is 0.442. The maximum absolute atomic E-state index is 4.63. The first-order valence-corrected chi connectivity index (χ1v) is 8.33. The van der Waals surface area contributed by atoms with E-state index < -0.39 is 0 Å². The third-order valence-corrected chi connectivity index (χ3v) is 5.44. The van der Waals surface area contributed by atoms with E-state index in [2.05, 4.69) is 51.8 Å². The highest BCUT2D eigenvalue weighted by Crippen LogP contribution is 2.42. The summed E-state index contributed by atoms with van der Waals surface area (Å²) in [5.41, 5.74) is 2.95. The Morgan fingerprint density at radius 3 is 2.58 bits per heavy atom. The molecule has 0 atom stereocenters. The van der Waals surface area contributed by atoms with E-state index in [-0.39, 0.29) is 0 Å². The Morgan fingerprint density at radius 2 is 2.00 bits per heavy atom. The lowest BCUT2D eigenvalue weighted by molar-refractivity contribution is 0.272. The van der Waals surface area contributed by atoms with Crippen molar-refractivity contribution in [3.05, 3.63) is 15.9 Å². The van der Waals surface area contributed by atoms with Crippen molar-refractivity contribution in [1.29, 1.82) is 0 Å². The van der Waals surface area contributed by atoms with Crippen LogP contribution in [0, 0.1) is 12.3 Å². The smallest absolute Gasteiger partial charge is 0.0738 e. The first-order chi connectivity index (χ1) is 9.12. The largest absolute Gasteiger partial charge is 0.316 e. The lowest BCUT2D eigenvalue weighted by Crippen LogP contribution is -2.34. The van der Waals surface area contributed by atoms with E-state index >= 15 is 0 Å². The zero-order valence-electron chi connectivity index (χ0n) is 12.4. The molecule has 1 heterocycles. The quantitative estimate of drug-likeness (QED) is 0.863. The Balaban J connectivity index is 2.21. The molecule has 0 spiro atoms. The van der Waals surface area contributed by atoms with E-state index in [9.17, 15) is 0 Å². The summed E-state index contributed by atoms with van der Waals surface area (Å²) in [6.45, 7) is 9.62. The molecule has 19 heavy (non-hydrogen) atoms. The van der Waals surface area contributed by atoms with Crippen LogP contribution in [0.2, 0.25) is 0 Å². The molecule has 1 fully saturated rings. The molecule has 0 unspecified atom stereocenters. The molecule has 0 radical (unpaired) electrons. The van der Waals surface area contributed by atoms with Gasteiger partial charge >= 0.3 is 0 Å². The highest BCUT2D eigenvalue weighted by atomic mass is 79.9. The van der Waals surface area contributed by atoms with Gasteiger partial charge in [-0.1, -0.05) is 19.8 Å². The van der Waals surface area contributed by atoms with Crippen molar-refractivity contribution in [2.24, 2.45) is 5.41 Å². The molecule has 3 nitrogen and oxygen atoms in total. The number of halogens is 1. The highest BCUT2D eigenvalue weighted by Gasteiger charge is 2.35. The van der Waals surface area contributed by atoms with Crippen molar-refractivity contribution in [2.75, 3.05) is 13.1 Å². The van der Waals surface area contributed by atoms with Gasteiger partial charge in [0.2, 0.25) is 0 Å².